The number of nitrogens with zero attached hydrogens (tertiary/aromatic N) is 1. The van der Waals surface area contributed by atoms with E-state index in [1.165, 1.54) is 5.56 Å². The zero-order chi connectivity index (χ0) is 20.9. The Labute approximate surface area is 177 Å². The fourth-order valence-electron chi connectivity index (χ4n) is 3.96. The molecule has 1 saturated heterocycles. The lowest BCUT2D eigenvalue weighted by Crippen LogP contribution is -2.63. The molecule has 3 aromatic rings. The summed E-state index contributed by atoms with van der Waals surface area (Å²) in [7, 11) is 0. The Bertz CT molecular complexity index is 967. The minimum atomic E-state index is -0.197. The Morgan fingerprint density at radius 2 is 1.53 bits per heavy atom. The molecule has 0 saturated carbocycles. The number of benzene rings is 3. The molecule has 0 unspecified atom stereocenters. The third-order valence-corrected chi connectivity index (χ3v) is 5.79. The Balaban J connectivity index is 1.37. The first-order chi connectivity index (χ1) is 14.7. The maximum absolute atomic E-state index is 12.8. The van der Waals surface area contributed by atoms with Crippen LogP contribution in [0.2, 0.25) is 0 Å². The van der Waals surface area contributed by atoms with E-state index in [1.54, 1.807) is 4.90 Å². The Hall–Kier alpha value is -3.11. The fraction of sp³-hybridized carbons (Fsp3) is 0.269. The van der Waals surface area contributed by atoms with Crippen molar-refractivity contribution < 1.29 is 14.6 Å². The van der Waals surface area contributed by atoms with E-state index in [9.17, 15) is 9.90 Å². The lowest BCUT2D eigenvalue weighted by molar-refractivity contribution is -0.131. The van der Waals surface area contributed by atoms with Crippen LogP contribution in [0.5, 0.6) is 5.75 Å². The fourth-order valence-corrected chi connectivity index (χ4v) is 3.96. The van der Waals surface area contributed by atoms with Crippen molar-refractivity contribution in [2.24, 2.45) is 5.92 Å². The van der Waals surface area contributed by atoms with E-state index in [0.29, 0.717) is 13.0 Å². The zero-order valence-electron chi connectivity index (χ0n) is 17.2. The predicted molar refractivity (Wildman–Crippen MR) is 119 cm³/mol. The summed E-state index contributed by atoms with van der Waals surface area (Å²) < 4.78 is 5.83. The number of carbonyl (C=O) groups excluding carboxylic acids is 1. The monoisotopic (exact) mass is 401 g/mol. The number of β-lactam (4-membered cyclic amide) rings is 1. The molecule has 3 aromatic carbocycles. The van der Waals surface area contributed by atoms with E-state index >= 15 is 0 Å². The third kappa shape index (κ3) is 4.24. The quantitative estimate of drug-likeness (QED) is 0.570. The third-order valence-electron chi connectivity index (χ3n) is 5.79. The molecule has 154 valence electrons. The Morgan fingerprint density at radius 1 is 0.867 bits per heavy atom. The molecule has 0 radical (unpaired) electrons. The van der Waals surface area contributed by atoms with Gasteiger partial charge in [-0.1, -0.05) is 61.5 Å². The van der Waals surface area contributed by atoms with Gasteiger partial charge in [0.1, 0.15) is 12.4 Å². The zero-order valence-corrected chi connectivity index (χ0v) is 17.2. The van der Waals surface area contributed by atoms with Crippen LogP contribution in [0.25, 0.3) is 0 Å². The normalized spacial score (nSPS) is 18.2. The van der Waals surface area contributed by atoms with Gasteiger partial charge in [0.25, 0.3) is 0 Å². The summed E-state index contributed by atoms with van der Waals surface area (Å²) in [6.45, 7) is 2.60. The van der Waals surface area contributed by atoms with Crippen LogP contribution in [0.1, 0.15) is 23.6 Å². The molecule has 1 N–H and O–H groups in total. The van der Waals surface area contributed by atoms with Gasteiger partial charge in [0, 0.05) is 5.69 Å². The van der Waals surface area contributed by atoms with Crippen molar-refractivity contribution in [2.75, 3.05) is 11.5 Å². The average molecular weight is 402 g/mol. The lowest BCUT2D eigenvalue weighted by atomic mass is 9.82. The number of rotatable bonds is 8. The molecule has 1 aliphatic rings. The van der Waals surface area contributed by atoms with E-state index in [4.69, 9.17) is 4.74 Å². The second-order valence-electron chi connectivity index (χ2n) is 7.71. The number of amides is 1. The number of aliphatic hydroxyl groups excluding tert-OH is 1. The van der Waals surface area contributed by atoms with Crippen molar-refractivity contribution in [1.82, 2.24) is 0 Å². The molecule has 2 atom stereocenters. The number of anilines is 1. The number of aliphatic hydroxyl groups is 1. The molecule has 1 amide bonds. The van der Waals surface area contributed by atoms with E-state index in [-0.39, 0.29) is 24.5 Å². The Morgan fingerprint density at radius 3 is 2.17 bits per heavy atom. The van der Waals surface area contributed by atoms with Crippen LogP contribution < -0.4 is 9.64 Å². The second-order valence-corrected chi connectivity index (χ2v) is 7.71. The van der Waals surface area contributed by atoms with Crippen LogP contribution in [0.3, 0.4) is 0 Å². The van der Waals surface area contributed by atoms with Crippen LogP contribution in [0.15, 0.2) is 78.9 Å². The van der Waals surface area contributed by atoms with Crippen LogP contribution in [0, 0.1) is 5.92 Å². The Kier molecular flexibility index (Phi) is 6.15. The highest BCUT2D eigenvalue weighted by atomic mass is 16.5. The summed E-state index contributed by atoms with van der Waals surface area (Å²) in [5.41, 5.74) is 4.29. The smallest absolute Gasteiger partial charge is 0.232 e. The first-order valence-electron chi connectivity index (χ1n) is 10.5. The highest BCUT2D eigenvalue weighted by Gasteiger charge is 2.47. The van der Waals surface area contributed by atoms with E-state index in [2.05, 4.69) is 6.92 Å². The summed E-state index contributed by atoms with van der Waals surface area (Å²) in [6, 6.07) is 25.8. The predicted octanol–water partition coefficient (Wildman–Crippen LogP) is 4.39. The molecular formula is C26H27NO3. The molecular weight excluding hydrogens is 374 g/mol. The van der Waals surface area contributed by atoms with Crippen molar-refractivity contribution in [2.45, 2.75) is 32.4 Å². The molecule has 4 rings (SSSR count). The molecule has 4 nitrogen and oxygen atoms in total. The van der Waals surface area contributed by atoms with E-state index in [1.807, 2.05) is 78.9 Å². The highest BCUT2D eigenvalue weighted by molar-refractivity contribution is 6.03. The van der Waals surface area contributed by atoms with Gasteiger partial charge in [-0.05, 0) is 53.8 Å². The number of hydrogen-bond donors (Lipinski definition) is 1. The number of hydrogen-bond acceptors (Lipinski definition) is 3. The molecule has 4 heteroatoms. The van der Waals surface area contributed by atoms with E-state index < -0.39 is 0 Å². The minimum absolute atomic E-state index is 0.0375. The topological polar surface area (TPSA) is 49.8 Å². The van der Waals surface area contributed by atoms with Gasteiger partial charge in [0.15, 0.2) is 0 Å². The van der Waals surface area contributed by atoms with Gasteiger partial charge in [-0.25, -0.2) is 0 Å². The van der Waals surface area contributed by atoms with Crippen molar-refractivity contribution in [1.29, 1.82) is 0 Å². The van der Waals surface area contributed by atoms with Gasteiger partial charge in [0.2, 0.25) is 5.91 Å². The van der Waals surface area contributed by atoms with Crippen molar-refractivity contribution in [3.05, 3.63) is 95.6 Å². The summed E-state index contributed by atoms with van der Waals surface area (Å²) in [5, 5.41) is 9.89. The molecule has 0 bridgehead atoms. The van der Waals surface area contributed by atoms with Crippen molar-refractivity contribution >= 4 is 11.6 Å². The summed E-state index contributed by atoms with van der Waals surface area (Å²) in [6.07, 6.45) is 1.58. The average Bonchev–Trinajstić information content (AvgIpc) is 2.81. The van der Waals surface area contributed by atoms with Crippen LogP contribution in [-0.2, 0) is 24.2 Å². The van der Waals surface area contributed by atoms with Gasteiger partial charge < -0.3 is 14.7 Å². The van der Waals surface area contributed by atoms with Crippen molar-refractivity contribution in [3.8, 4) is 5.75 Å². The molecule has 30 heavy (non-hydrogen) atoms. The maximum atomic E-state index is 12.8. The van der Waals surface area contributed by atoms with Crippen LogP contribution in [-0.4, -0.2) is 23.7 Å². The van der Waals surface area contributed by atoms with Crippen molar-refractivity contribution in [3.63, 3.8) is 0 Å². The molecule has 1 fully saturated rings. The minimum Gasteiger partial charge on any atom is -0.489 e. The van der Waals surface area contributed by atoms with E-state index in [0.717, 1.165) is 29.0 Å². The molecule has 1 aliphatic heterocycles. The lowest BCUT2D eigenvalue weighted by Gasteiger charge is -2.46. The molecule has 0 spiro atoms. The summed E-state index contributed by atoms with van der Waals surface area (Å²) >= 11 is 0. The molecule has 0 aromatic heterocycles. The number of ether oxygens (including phenoxy) is 1. The number of aryl methyl sites for hydroxylation is 1. The van der Waals surface area contributed by atoms with Crippen LogP contribution in [0.4, 0.5) is 5.69 Å². The largest absolute Gasteiger partial charge is 0.489 e. The van der Waals surface area contributed by atoms with Crippen LogP contribution >= 0.6 is 0 Å². The number of carbonyl (C=O) groups is 1. The van der Waals surface area contributed by atoms with Gasteiger partial charge in [-0.3, -0.25) is 4.79 Å². The standard InChI is InChI=1S/C26H27NO3/c1-2-19-8-12-22(13-9-19)27-25(17-28)24(26(27)29)16-20-10-14-23(15-11-20)30-18-21-6-4-3-5-7-21/h3-15,24-25,28H,2,16-18H2,1H3/t24-,25+/m0/s1. The first-order valence-corrected chi connectivity index (χ1v) is 10.5. The summed E-state index contributed by atoms with van der Waals surface area (Å²) in [5.74, 6) is 0.679. The second kappa shape index (κ2) is 9.14. The van der Waals surface area contributed by atoms with Gasteiger partial charge >= 0.3 is 0 Å². The SMILES string of the molecule is CCc1ccc(N2C(=O)[C@@H](Cc3ccc(OCc4ccccc4)cc3)[C@H]2CO)cc1. The van der Waals surface area contributed by atoms with Gasteiger partial charge in [-0.2, -0.15) is 0 Å². The first kappa shape index (κ1) is 20.2. The molecule has 1 heterocycles. The highest BCUT2D eigenvalue weighted by Crippen LogP contribution is 2.35. The summed E-state index contributed by atoms with van der Waals surface area (Å²) in [4.78, 5) is 14.5. The van der Waals surface area contributed by atoms with Gasteiger partial charge in [0.05, 0.1) is 18.6 Å². The molecule has 0 aliphatic carbocycles. The van der Waals surface area contributed by atoms with Gasteiger partial charge in [-0.15, -0.1) is 0 Å². The maximum Gasteiger partial charge on any atom is 0.232 e.